The lowest BCUT2D eigenvalue weighted by Gasteiger charge is -2.33. The Hall–Kier alpha value is -1.36. The summed E-state index contributed by atoms with van der Waals surface area (Å²) in [6.45, 7) is 7.48. The van der Waals surface area contributed by atoms with Crippen molar-refractivity contribution in [2.45, 2.75) is 52.1 Å². The molecule has 5 heteroatoms. The minimum Gasteiger partial charge on any atom is -0.350 e. The van der Waals surface area contributed by atoms with E-state index in [-0.39, 0.29) is 5.91 Å². The topological polar surface area (TPSA) is 59.0 Å². The molecule has 19 heavy (non-hydrogen) atoms. The zero-order valence-electron chi connectivity index (χ0n) is 12.3. The minimum atomic E-state index is -0.414. The number of aromatic nitrogens is 2. The molecule has 1 amide bonds. The Bertz CT molecular complexity index is 472. The Morgan fingerprint density at radius 3 is 2.74 bits per heavy atom. The molecule has 5 nitrogen and oxygen atoms in total. The monoisotopic (exact) mass is 264 g/mol. The van der Waals surface area contributed by atoms with Gasteiger partial charge in [0.05, 0.1) is 11.2 Å². The first-order chi connectivity index (χ1) is 8.94. The van der Waals surface area contributed by atoms with E-state index in [9.17, 15) is 4.79 Å². The van der Waals surface area contributed by atoms with E-state index in [1.165, 1.54) is 0 Å². The molecule has 0 radical (unpaired) electrons. The molecular formula is C14H24N4O. The maximum Gasteiger partial charge on any atom is 0.240 e. The van der Waals surface area contributed by atoms with Crippen molar-refractivity contribution in [3.63, 3.8) is 0 Å². The molecule has 2 heterocycles. The van der Waals surface area contributed by atoms with E-state index < -0.39 is 5.54 Å². The second-order valence-corrected chi connectivity index (χ2v) is 5.67. The lowest BCUT2D eigenvalue weighted by Crippen LogP contribution is -2.56. The second-order valence-electron chi connectivity index (χ2n) is 5.67. The summed E-state index contributed by atoms with van der Waals surface area (Å²) in [6.07, 6.45) is 3.18. The number of carbonyl (C=O) groups excluding carboxylic acids is 1. The zero-order valence-corrected chi connectivity index (χ0v) is 12.3. The van der Waals surface area contributed by atoms with Gasteiger partial charge in [0.15, 0.2) is 0 Å². The SMILES string of the molecule is Cc1nn(C)c(C)c1CNC(=O)C1(C)CCCCN1. The Morgan fingerprint density at radius 1 is 1.47 bits per heavy atom. The van der Waals surface area contributed by atoms with Crippen molar-refractivity contribution in [2.75, 3.05) is 6.54 Å². The summed E-state index contributed by atoms with van der Waals surface area (Å²) in [5, 5.41) is 10.8. The first kappa shape index (κ1) is 14.1. The second kappa shape index (κ2) is 5.33. The third-order valence-electron chi connectivity index (χ3n) is 4.20. The predicted molar refractivity (Wildman–Crippen MR) is 74.8 cm³/mol. The van der Waals surface area contributed by atoms with E-state index in [0.29, 0.717) is 6.54 Å². The number of nitrogens with zero attached hydrogens (tertiary/aromatic N) is 2. The molecule has 1 fully saturated rings. The summed E-state index contributed by atoms with van der Waals surface area (Å²) < 4.78 is 1.86. The maximum atomic E-state index is 12.3. The van der Waals surface area contributed by atoms with Crippen LogP contribution in [0.3, 0.4) is 0 Å². The van der Waals surface area contributed by atoms with Crippen LogP contribution in [0, 0.1) is 13.8 Å². The zero-order chi connectivity index (χ0) is 14.0. The largest absolute Gasteiger partial charge is 0.350 e. The van der Waals surface area contributed by atoms with Gasteiger partial charge >= 0.3 is 0 Å². The van der Waals surface area contributed by atoms with Crippen molar-refractivity contribution in [1.29, 1.82) is 0 Å². The minimum absolute atomic E-state index is 0.0925. The third kappa shape index (κ3) is 2.81. The molecule has 0 aromatic carbocycles. The van der Waals surface area contributed by atoms with Gasteiger partial charge in [-0.1, -0.05) is 0 Å². The highest BCUT2D eigenvalue weighted by Crippen LogP contribution is 2.19. The third-order valence-corrected chi connectivity index (χ3v) is 4.20. The van der Waals surface area contributed by atoms with Crippen LogP contribution in [0.1, 0.15) is 43.1 Å². The van der Waals surface area contributed by atoms with Gasteiger partial charge in [-0.3, -0.25) is 9.48 Å². The Labute approximate surface area is 114 Å². The van der Waals surface area contributed by atoms with Gasteiger partial charge in [0.1, 0.15) is 0 Å². The van der Waals surface area contributed by atoms with Crippen LogP contribution in [0.25, 0.3) is 0 Å². The molecule has 1 atom stereocenters. The average Bonchev–Trinajstić information content (AvgIpc) is 2.62. The molecule has 2 N–H and O–H groups in total. The number of nitrogens with one attached hydrogen (secondary N) is 2. The molecule has 1 aliphatic rings. The number of carbonyl (C=O) groups is 1. The summed E-state index contributed by atoms with van der Waals surface area (Å²) in [5.41, 5.74) is 2.80. The van der Waals surface area contributed by atoms with Gasteiger partial charge in [0.25, 0.3) is 0 Å². The summed E-state index contributed by atoms with van der Waals surface area (Å²) in [4.78, 5) is 12.3. The van der Waals surface area contributed by atoms with Crippen molar-refractivity contribution in [3.8, 4) is 0 Å². The van der Waals surface area contributed by atoms with E-state index in [1.807, 2.05) is 32.5 Å². The highest BCUT2D eigenvalue weighted by Gasteiger charge is 2.34. The first-order valence-electron chi connectivity index (χ1n) is 6.96. The van der Waals surface area contributed by atoms with E-state index in [2.05, 4.69) is 15.7 Å². The Kier molecular flexibility index (Phi) is 3.94. The number of aryl methyl sites for hydroxylation is 2. The Morgan fingerprint density at radius 2 is 2.21 bits per heavy atom. The van der Waals surface area contributed by atoms with Crippen LogP contribution < -0.4 is 10.6 Å². The molecule has 1 aromatic heterocycles. The van der Waals surface area contributed by atoms with Crippen molar-refractivity contribution < 1.29 is 4.79 Å². The number of rotatable bonds is 3. The van der Waals surface area contributed by atoms with Crippen LogP contribution in [-0.4, -0.2) is 27.8 Å². The molecule has 1 saturated heterocycles. The van der Waals surface area contributed by atoms with Crippen molar-refractivity contribution in [2.24, 2.45) is 7.05 Å². The molecule has 0 bridgehead atoms. The number of amides is 1. The quantitative estimate of drug-likeness (QED) is 0.862. The van der Waals surface area contributed by atoms with E-state index >= 15 is 0 Å². The molecule has 1 unspecified atom stereocenters. The lowest BCUT2D eigenvalue weighted by molar-refractivity contribution is -0.128. The van der Waals surface area contributed by atoms with E-state index in [1.54, 1.807) is 0 Å². The number of hydrogen-bond donors (Lipinski definition) is 2. The van der Waals surface area contributed by atoms with E-state index in [0.717, 1.165) is 42.8 Å². The van der Waals surface area contributed by atoms with Crippen LogP contribution in [0.2, 0.25) is 0 Å². The fourth-order valence-corrected chi connectivity index (χ4v) is 2.69. The van der Waals surface area contributed by atoms with Gasteiger partial charge in [0, 0.05) is 24.8 Å². The fourth-order valence-electron chi connectivity index (χ4n) is 2.69. The fraction of sp³-hybridized carbons (Fsp3) is 0.714. The van der Waals surface area contributed by atoms with Crippen LogP contribution in [0.5, 0.6) is 0 Å². The molecule has 1 aliphatic heterocycles. The number of piperidine rings is 1. The van der Waals surface area contributed by atoms with Crippen LogP contribution in [0.4, 0.5) is 0 Å². The summed E-state index contributed by atoms with van der Waals surface area (Å²) in [7, 11) is 1.93. The maximum absolute atomic E-state index is 12.3. The van der Waals surface area contributed by atoms with Crippen LogP contribution in [-0.2, 0) is 18.4 Å². The molecule has 1 aromatic rings. The van der Waals surface area contributed by atoms with Crippen molar-refractivity contribution in [1.82, 2.24) is 20.4 Å². The van der Waals surface area contributed by atoms with E-state index in [4.69, 9.17) is 0 Å². The molecule has 0 aliphatic carbocycles. The lowest BCUT2D eigenvalue weighted by atomic mass is 9.90. The molecule has 106 valence electrons. The average molecular weight is 264 g/mol. The van der Waals surface area contributed by atoms with Gasteiger partial charge in [0.2, 0.25) is 5.91 Å². The van der Waals surface area contributed by atoms with Gasteiger partial charge in [-0.25, -0.2) is 0 Å². The van der Waals surface area contributed by atoms with Gasteiger partial charge < -0.3 is 10.6 Å². The molecule has 0 saturated carbocycles. The first-order valence-corrected chi connectivity index (χ1v) is 6.96. The van der Waals surface area contributed by atoms with Crippen molar-refractivity contribution in [3.05, 3.63) is 17.0 Å². The summed E-state index contributed by atoms with van der Waals surface area (Å²) in [6, 6.07) is 0. The Balaban J connectivity index is 2.00. The van der Waals surface area contributed by atoms with Gasteiger partial charge in [-0.05, 0) is 46.6 Å². The highest BCUT2D eigenvalue weighted by molar-refractivity contribution is 5.86. The predicted octanol–water partition coefficient (Wildman–Crippen LogP) is 1.19. The van der Waals surface area contributed by atoms with Crippen LogP contribution >= 0.6 is 0 Å². The summed E-state index contributed by atoms with van der Waals surface area (Å²) >= 11 is 0. The van der Waals surface area contributed by atoms with Crippen LogP contribution in [0.15, 0.2) is 0 Å². The smallest absolute Gasteiger partial charge is 0.240 e. The normalized spacial score (nSPS) is 23.4. The molecular weight excluding hydrogens is 240 g/mol. The van der Waals surface area contributed by atoms with Gasteiger partial charge in [-0.2, -0.15) is 5.10 Å². The standard InChI is InChI=1S/C14H24N4O/c1-10-12(11(2)18(4)17-10)9-15-13(19)14(3)7-5-6-8-16-14/h16H,5-9H2,1-4H3,(H,15,19). The number of hydrogen-bond acceptors (Lipinski definition) is 3. The van der Waals surface area contributed by atoms with Gasteiger partial charge in [-0.15, -0.1) is 0 Å². The van der Waals surface area contributed by atoms with Crippen molar-refractivity contribution >= 4 is 5.91 Å². The summed E-state index contributed by atoms with van der Waals surface area (Å²) in [5.74, 6) is 0.0925. The highest BCUT2D eigenvalue weighted by atomic mass is 16.2. The molecule has 2 rings (SSSR count). The molecule has 0 spiro atoms.